The molecule has 0 fully saturated rings. The van der Waals surface area contributed by atoms with E-state index in [0.717, 1.165) is 21.9 Å². The summed E-state index contributed by atoms with van der Waals surface area (Å²) in [6.45, 7) is 4.17. The number of aryl methyl sites for hydroxylation is 1. The molecule has 3 aromatic heterocycles. The number of amides is 1. The lowest BCUT2D eigenvalue weighted by atomic mass is 10.0. The number of fused-ring (bicyclic) bond motifs is 3. The zero-order valence-corrected chi connectivity index (χ0v) is 18.0. The Morgan fingerprint density at radius 1 is 1.22 bits per heavy atom. The van der Waals surface area contributed by atoms with Gasteiger partial charge in [0.1, 0.15) is 5.75 Å². The maximum Gasteiger partial charge on any atom is 0.404 e. The molecular formula is C23H24N4O5. The Morgan fingerprint density at radius 2 is 2.03 bits per heavy atom. The Bertz CT molecular complexity index is 1330. The molecule has 0 bridgehead atoms. The number of hydrogen-bond donors (Lipinski definition) is 2. The number of rotatable bonds is 7. The standard InChI is InChI=1S/C23H24N4O5/c1-13(6-14(2)26-23(29)30)11-31-20-8-19-16(7-17(20)21-10-25-12-32-21)15-4-5-24-9-18(15)22(28)27(19)3/h4-5,7-10,12-14,26H,6,11H2,1-3H3,(H,29,30). The first kappa shape index (κ1) is 21.4. The second-order valence-electron chi connectivity index (χ2n) is 8.02. The van der Waals surface area contributed by atoms with Gasteiger partial charge in [0, 0.05) is 36.9 Å². The van der Waals surface area contributed by atoms with Crippen molar-refractivity contribution in [2.45, 2.75) is 26.3 Å². The van der Waals surface area contributed by atoms with Crippen molar-refractivity contribution in [3.63, 3.8) is 0 Å². The highest BCUT2D eigenvalue weighted by atomic mass is 16.5. The predicted molar refractivity (Wildman–Crippen MR) is 120 cm³/mol. The zero-order valence-electron chi connectivity index (χ0n) is 18.0. The number of hydrogen-bond acceptors (Lipinski definition) is 6. The number of nitrogens with zero attached hydrogens (tertiary/aromatic N) is 3. The smallest absolute Gasteiger partial charge is 0.404 e. The van der Waals surface area contributed by atoms with E-state index in [1.54, 1.807) is 30.2 Å². The molecule has 166 valence electrons. The van der Waals surface area contributed by atoms with Gasteiger partial charge in [0.05, 0.1) is 29.3 Å². The van der Waals surface area contributed by atoms with Crippen LogP contribution in [0.4, 0.5) is 4.79 Å². The molecule has 1 aromatic carbocycles. The van der Waals surface area contributed by atoms with Gasteiger partial charge in [0.15, 0.2) is 12.2 Å². The Hall–Kier alpha value is -3.88. The van der Waals surface area contributed by atoms with Crippen molar-refractivity contribution in [2.75, 3.05) is 6.61 Å². The van der Waals surface area contributed by atoms with Crippen molar-refractivity contribution < 1.29 is 19.1 Å². The number of aromatic nitrogens is 3. The molecule has 0 aliphatic rings. The van der Waals surface area contributed by atoms with Gasteiger partial charge in [-0.25, -0.2) is 9.78 Å². The van der Waals surface area contributed by atoms with E-state index in [2.05, 4.69) is 15.3 Å². The molecule has 2 unspecified atom stereocenters. The molecule has 9 heteroatoms. The summed E-state index contributed by atoms with van der Waals surface area (Å²) in [6.07, 6.45) is 5.78. The molecular weight excluding hydrogens is 412 g/mol. The van der Waals surface area contributed by atoms with Gasteiger partial charge in [0.2, 0.25) is 0 Å². The van der Waals surface area contributed by atoms with E-state index in [9.17, 15) is 9.59 Å². The quantitative estimate of drug-likeness (QED) is 0.423. The van der Waals surface area contributed by atoms with Crippen LogP contribution in [0.3, 0.4) is 0 Å². The largest absolute Gasteiger partial charge is 0.492 e. The lowest BCUT2D eigenvalue weighted by Gasteiger charge is -2.19. The summed E-state index contributed by atoms with van der Waals surface area (Å²) in [5.41, 5.74) is 1.30. The summed E-state index contributed by atoms with van der Waals surface area (Å²) >= 11 is 0. The molecule has 4 rings (SSSR count). The number of pyridine rings is 2. The maximum atomic E-state index is 12.8. The molecule has 2 atom stereocenters. The van der Waals surface area contributed by atoms with Crippen LogP contribution in [0.2, 0.25) is 0 Å². The van der Waals surface area contributed by atoms with Crippen LogP contribution < -0.4 is 15.6 Å². The topological polar surface area (TPSA) is 119 Å². The van der Waals surface area contributed by atoms with Gasteiger partial charge < -0.3 is 24.1 Å². The molecule has 0 saturated carbocycles. The molecule has 0 spiro atoms. The second-order valence-corrected chi connectivity index (χ2v) is 8.02. The normalized spacial score (nSPS) is 13.2. The van der Waals surface area contributed by atoms with Crippen molar-refractivity contribution in [1.82, 2.24) is 19.9 Å². The van der Waals surface area contributed by atoms with Gasteiger partial charge in [-0.1, -0.05) is 6.92 Å². The maximum absolute atomic E-state index is 12.8. The van der Waals surface area contributed by atoms with Crippen LogP contribution in [0.5, 0.6) is 5.75 Å². The van der Waals surface area contributed by atoms with Gasteiger partial charge in [-0.05, 0) is 36.8 Å². The molecule has 2 N–H and O–H groups in total. The number of carboxylic acid groups (broad SMARTS) is 1. The number of nitrogens with one attached hydrogen (secondary N) is 1. The van der Waals surface area contributed by atoms with Crippen molar-refractivity contribution in [2.24, 2.45) is 13.0 Å². The monoisotopic (exact) mass is 436 g/mol. The highest BCUT2D eigenvalue weighted by Crippen LogP contribution is 2.36. The second kappa shape index (κ2) is 8.70. The van der Waals surface area contributed by atoms with Crippen molar-refractivity contribution in [1.29, 1.82) is 0 Å². The van der Waals surface area contributed by atoms with E-state index >= 15 is 0 Å². The molecule has 9 nitrogen and oxygen atoms in total. The van der Waals surface area contributed by atoms with Gasteiger partial charge in [-0.15, -0.1) is 0 Å². The summed E-state index contributed by atoms with van der Waals surface area (Å²) in [5, 5.41) is 13.5. The van der Waals surface area contributed by atoms with E-state index in [0.29, 0.717) is 29.9 Å². The minimum absolute atomic E-state index is 0.0848. The zero-order chi connectivity index (χ0) is 22.8. The fourth-order valence-electron chi connectivity index (χ4n) is 3.99. The molecule has 0 aliphatic carbocycles. The van der Waals surface area contributed by atoms with Crippen LogP contribution in [0, 0.1) is 5.92 Å². The molecule has 4 aromatic rings. The van der Waals surface area contributed by atoms with E-state index < -0.39 is 6.09 Å². The third kappa shape index (κ3) is 4.14. The van der Waals surface area contributed by atoms with Crippen molar-refractivity contribution in [3.8, 4) is 17.1 Å². The van der Waals surface area contributed by atoms with Gasteiger partial charge >= 0.3 is 6.09 Å². The lowest BCUT2D eigenvalue weighted by molar-refractivity contribution is 0.185. The Labute approximate surface area is 183 Å². The van der Waals surface area contributed by atoms with Crippen LogP contribution in [-0.4, -0.2) is 38.4 Å². The van der Waals surface area contributed by atoms with Crippen LogP contribution in [0.25, 0.3) is 33.0 Å². The molecule has 0 saturated heterocycles. The number of carbonyl (C=O) groups is 1. The lowest BCUT2D eigenvalue weighted by Crippen LogP contribution is -2.33. The summed E-state index contributed by atoms with van der Waals surface area (Å²) in [7, 11) is 1.72. The van der Waals surface area contributed by atoms with Gasteiger partial charge in [0.25, 0.3) is 5.56 Å². The number of benzene rings is 1. The van der Waals surface area contributed by atoms with Crippen LogP contribution in [-0.2, 0) is 7.05 Å². The number of oxazole rings is 1. The average molecular weight is 436 g/mol. The van der Waals surface area contributed by atoms with E-state index in [4.69, 9.17) is 14.3 Å². The highest BCUT2D eigenvalue weighted by Gasteiger charge is 2.18. The van der Waals surface area contributed by atoms with Gasteiger partial charge in [-0.2, -0.15) is 0 Å². The fraction of sp³-hybridized carbons (Fsp3) is 0.304. The van der Waals surface area contributed by atoms with Crippen molar-refractivity contribution in [3.05, 3.63) is 53.5 Å². The first-order valence-electron chi connectivity index (χ1n) is 10.3. The Balaban J connectivity index is 1.75. The van der Waals surface area contributed by atoms with Crippen LogP contribution >= 0.6 is 0 Å². The Morgan fingerprint density at radius 3 is 2.75 bits per heavy atom. The summed E-state index contributed by atoms with van der Waals surface area (Å²) in [6, 6.07) is 5.40. The molecule has 1 amide bonds. The van der Waals surface area contributed by atoms with E-state index in [1.165, 1.54) is 6.39 Å². The van der Waals surface area contributed by atoms with Gasteiger partial charge in [-0.3, -0.25) is 9.78 Å². The predicted octanol–water partition coefficient (Wildman–Crippen LogP) is 3.80. The molecule has 0 aliphatic heterocycles. The fourth-order valence-corrected chi connectivity index (χ4v) is 3.99. The average Bonchev–Trinajstić information content (AvgIpc) is 3.29. The minimum atomic E-state index is -1.05. The van der Waals surface area contributed by atoms with Crippen LogP contribution in [0.1, 0.15) is 20.3 Å². The molecule has 0 radical (unpaired) electrons. The third-order valence-corrected chi connectivity index (χ3v) is 5.45. The SMILES string of the molecule is CC(COc1cc2c(cc1-c1cnco1)c1ccncc1c(=O)n2C)CC(C)NC(=O)O. The highest BCUT2D eigenvalue weighted by molar-refractivity contribution is 6.07. The summed E-state index contributed by atoms with van der Waals surface area (Å²) in [5.74, 6) is 1.19. The van der Waals surface area contributed by atoms with Crippen molar-refractivity contribution >= 4 is 27.8 Å². The first-order chi connectivity index (χ1) is 15.3. The summed E-state index contributed by atoms with van der Waals surface area (Å²) < 4.78 is 13.3. The van der Waals surface area contributed by atoms with E-state index in [-0.39, 0.29) is 17.5 Å². The minimum Gasteiger partial charge on any atom is -0.492 e. The first-order valence-corrected chi connectivity index (χ1v) is 10.3. The van der Waals surface area contributed by atoms with Crippen LogP contribution in [0.15, 0.2) is 52.4 Å². The molecule has 32 heavy (non-hydrogen) atoms. The molecule has 3 heterocycles. The third-order valence-electron chi connectivity index (χ3n) is 5.45. The summed E-state index contributed by atoms with van der Waals surface area (Å²) in [4.78, 5) is 31.8. The Kier molecular flexibility index (Phi) is 5.81. The van der Waals surface area contributed by atoms with E-state index in [1.807, 2.05) is 32.0 Å². The number of ether oxygens (including phenoxy) is 1.